The predicted octanol–water partition coefficient (Wildman–Crippen LogP) is 2.56. The third kappa shape index (κ3) is 3.47. The van der Waals surface area contributed by atoms with Gasteiger partial charge in [-0.2, -0.15) is 0 Å². The second kappa shape index (κ2) is 5.38. The largest absolute Gasteiger partial charge is 0.375 e. The highest BCUT2D eigenvalue weighted by Gasteiger charge is 2.22. The van der Waals surface area contributed by atoms with Crippen LogP contribution in [0.5, 0.6) is 0 Å². The van der Waals surface area contributed by atoms with Crippen LogP contribution in [-0.4, -0.2) is 18.5 Å². The lowest BCUT2D eigenvalue weighted by molar-refractivity contribution is -0.114. The van der Waals surface area contributed by atoms with Crippen molar-refractivity contribution in [3.8, 4) is 0 Å². The van der Waals surface area contributed by atoms with Crippen molar-refractivity contribution in [3.63, 3.8) is 0 Å². The normalized spacial score (nSPS) is 31.2. The molecule has 0 aromatic rings. The molecule has 13 heavy (non-hydrogen) atoms. The van der Waals surface area contributed by atoms with Crippen LogP contribution < -0.4 is 0 Å². The van der Waals surface area contributed by atoms with Crippen molar-refractivity contribution in [1.82, 2.24) is 0 Å². The first-order valence-electron chi connectivity index (χ1n) is 5.37. The van der Waals surface area contributed by atoms with Crippen molar-refractivity contribution in [3.05, 3.63) is 0 Å². The Morgan fingerprint density at radius 2 is 2.31 bits per heavy atom. The van der Waals surface area contributed by atoms with E-state index in [9.17, 15) is 4.79 Å². The summed E-state index contributed by atoms with van der Waals surface area (Å²) in [7, 11) is 0. The Labute approximate surface area is 80.7 Å². The van der Waals surface area contributed by atoms with Gasteiger partial charge in [0.15, 0.2) is 0 Å². The first-order valence-corrected chi connectivity index (χ1v) is 5.37. The van der Waals surface area contributed by atoms with Crippen LogP contribution in [0, 0.1) is 5.92 Å². The van der Waals surface area contributed by atoms with E-state index < -0.39 is 0 Å². The van der Waals surface area contributed by atoms with Gasteiger partial charge in [0.05, 0.1) is 12.2 Å². The first kappa shape index (κ1) is 10.7. The fourth-order valence-corrected chi connectivity index (χ4v) is 1.85. The van der Waals surface area contributed by atoms with E-state index >= 15 is 0 Å². The molecule has 0 aromatic carbocycles. The summed E-state index contributed by atoms with van der Waals surface area (Å²) in [6, 6.07) is 0. The van der Waals surface area contributed by atoms with Crippen LogP contribution in [0.15, 0.2) is 0 Å². The molecule has 0 spiro atoms. The molecule has 0 N–H and O–H groups in total. The fourth-order valence-electron chi connectivity index (χ4n) is 1.85. The zero-order chi connectivity index (χ0) is 9.68. The summed E-state index contributed by atoms with van der Waals surface area (Å²) in [6.45, 7) is 4.23. The molecule has 0 saturated heterocycles. The molecule has 2 nitrogen and oxygen atoms in total. The van der Waals surface area contributed by atoms with Crippen LogP contribution >= 0.6 is 0 Å². The van der Waals surface area contributed by atoms with Crippen molar-refractivity contribution in [2.45, 2.75) is 58.2 Å². The van der Waals surface area contributed by atoms with Gasteiger partial charge in [-0.3, -0.25) is 0 Å². The highest BCUT2D eigenvalue weighted by Crippen LogP contribution is 2.25. The molecule has 0 radical (unpaired) electrons. The van der Waals surface area contributed by atoms with E-state index in [-0.39, 0.29) is 5.92 Å². The van der Waals surface area contributed by atoms with Crippen molar-refractivity contribution in [1.29, 1.82) is 0 Å². The number of aldehydes is 1. The fraction of sp³-hybridized carbons (Fsp3) is 0.909. The third-order valence-electron chi connectivity index (χ3n) is 2.86. The Balaban J connectivity index is 2.29. The number of carbonyl (C=O) groups is 1. The minimum atomic E-state index is 0.253. The van der Waals surface area contributed by atoms with E-state index in [0.29, 0.717) is 12.2 Å². The molecular formula is C11H20O2. The van der Waals surface area contributed by atoms with Crippen molar-refractivity contribution in [2.24, 2.45) is 5.92 Å². The number of hydrogen-bond acceptors (Lipinski definition) is 2. The number of carbonyl (C=O) groups excluding carboxylic acids is 1. The lowest BCUT2D eigenvalue weighted by atomic mass is 9.88. The smallest absolute Gasteiger partial charge is 0.123 e. The van der Waals surface area contributed by atoms with Gasteiger partial charge in [-0.15, -0.1) is 0 Å². The van der Waals surface area contributed by atoms with Gasteiger partial charge in [0.2, 0.25) is 0 Å². The minimum Gasteiger partial charge on any atom is -0.375 e. The van der Waals surface area contributed by atoms with Gasteiger partial charge < -0.3 is 9.53 Å². The van der Waals surface area contributed by atoms with E-state index in [1.165, 1.54) is 0 Å². The molecule has 1 aliphatic rings. The zero-order valence-corrected chi connectivity index (χ0v) is 8.66. The Morgan fingerprint density at radius 1 is 1.54 bits per heavy atom. The minimum absolute atomic E-state index is 0.253. The topological polar surface area (TPSA) is 26.3 Å². The Morgan fingerprint density at radius 3 is 2.92 bits per heavy atom. The highest BCUT2D eigenvalue weighted by atomic mass is 16.5. The molecule has 3 atom stereocenters. The van der Waals surface area contributed by atoms with E-state index in [4.69, 9.17) is 4.74 Å². The lowest BCUT2D eigenvalue weighted by Gasteiger charge is -2.28. The maximum Gasteiger partial charge on any atom is 0.123 e. The molecule has 0 bridgehead atoms. The Bertz CT molecular complexity index is 156. The average molecular weight is 184 g/mol. The molecule has 3 unspecified atom stereocenters. The molecule has 1 saturated carbocycles. The number of ether oxygens (including phenoxy) is 1. The summed E-state index contributed by atoms with van der Waals surface area (Å²) in [5, 5.41) is 0. The predicted molar refractivity (Wildman–Crippen MR) is 52.6 cm³/mol. The van der Waals surface area contributed by atoms with E-state index in [1.807, 2.05) is 0 Å². The van der Waals surface area contributed by atoms with Crippen LogP contribution in [-0.2, 0) is 9.53 Å². The van der Waals surface area contributed by atoms with E-state index in [0.717, 1.165) is 38.4 Å². The summed E-state index contributed by atoms with van der Waals surface area (Å²) in [5.41, 5.74) is 0. The van der Waals surface area contributed by atoms with Gasteiger partial charge in [0.25, 0.3) is 0 Å². The summed E-state index contributed by atoms with van der Waals surface area (Å²) in [5.74, 6) is 0.253. The van der Waals surface area contributed by atoms with Crippen LogP contribution in [0.3, 0.4) is 0 Å². The summed E-state index contributed by atoms with van der Waals surface area (Å²) < 4.78 is 5.81. The number of rotatable bonds is 4. The quantitative estimate of drug-likeness (QED) is 0.628. The van der Waals surface area contributed by atoms with E-state index in [1.54, 1.807) is 0 Å². The molecule has 2 heteroatoms. The van der Waals surface area contributed by atoms with Crippen molar-refractivity contribution in [2.75, 3.05) is 0 Å². The molecule has 76 valence electrons. The van der Waals surface area contributed by atoms with Crippen molar-refractivity contribution < 1.29 is 9.53 Å². The van der Waals surface area contributed by atoms with Crippen LogP contribution in [0.1, 0.15) is 46.0 Å². The van der Waals surface area contributed by atoms with Crippen molar-refractivity contribution >= 4 is 6.29 Å². The van der Waals surface area contributed by atoms with Gasteiger partial charge in [-0.05, 0) is 32.6 Å². The zero-order valence-electron chi connectivity index (χ0n) is 8.66. The maximum atomic E-state index is 10.6. The van der Waals surface area contributed by atoms with Crippen LogP contribution in [0.25, 0.3) is 0 Å². The maximum absolute atomic E-state index is 10.6. The lowest BCUT2D eigenvalue weighted by Crippen LogP contribution is -2.26. The van der Waals surface area contributed by atoms with Gasteiger partial charge in [0, 0.05) is 5.92 Å². The van der Waals surface area contributed by atoms with Gasteiger partial charge in [-0.1, -0.05) is 13.3 Å². The van der Waals surface area contributed by atoms with Gasteiger partial charge in [0.1, 0.15) is 6.29 Å². The SMILES string of the molecule is CCC(C)OC1CCCC(C=O)C1. The molecule has 0 amide bonds. The summed E-state index contributed by atoms with van der Waals surface area (Å²) >= 11 is 0. The standard InChI is InChI=1S/C11H20O2/c1-3-9(2)13-11-6-4-5-10(7-11)8-12/h8-11H,3-7H2,1-2H3. The summed E-state index contributed by atoms with van der Waals surface area (Å²) in [4.78, 5) is 10.6. The monoisotopic (exact) mass is 184 g/mol. The highest BCUT2D eigenvalue weighted by molar-refractivity contribution is 5.53. The number of hydrogen-bond donors (Lipinski definition) is 0. The molecule has 0 heterocycles. The van der Waals surface area contributed by atoms with Gasteiger partial charge in [-0.25, -0.2) is 0 Å². The summed E-state index contributed by atoms with van der Waals surface area (Å²) in [6.07, 6.45) is 7.10. The van der Waals surface area contributed by atoms with Gasteiger partial charge >= 0.3 is 0 Å². The third-order valence-corrected chi connectivity index (χ3v) is 2.86. The Kier molecular flexibility index (Phi) is 4.43. The Hall–Kier alpha value is -0.370. The molecule has 0 aliphatic heterocycles. The average Bonchev–Trinajstić information content (AvgIpc) is 2.18. The molecule has 0 aromatic heterocycles. The molecule has 1 rings (SSSR count). The second-order valence-corrected chi connectivity index (χ2v) is 4.04. The van der Waals surface area contributed by atoms with E-state index in [2.05, 4.69) is 13.8 Å². The second-order valence-electron chi connectivity index (χ2n) is 4.04. The molecule has 1 aliphatic carbocycles. The molecule has 1 fully saturated rings. The molecular weight excluding hydrogens is 164 g/mol. The van der Waals surface area contributed by atoms with Crippen LogP contribution in [0.2, 0.25) is 0 Å². The first-order chi connectivity index (χ1) is 6.26. The van der Waals surface area contributed by atoms with Crippen LogP contribution in [0.4, 0.5) is 0 Å².